The first-order valence-corrected chi connectivity index (χ1v) is 6.31. The maximum absolute atomic E-state index is 4.68. The number of fused-ring (bicyclic) bond motifs is 1. The van der Waals surface area contributed by atoms with Gasteiger partial charge in [0.25, 0.3) is 0 Å². The zero-order valence-corrected chi connectivity index (χ0v) is 12.1. The number of pyridine rings is 1. The van der Waals surface area contributed by atoms with E-state index in [0.717, 1.165) is 16.5 Å². The molecular formula is C15H21N3. The molecule has 3 heteroatoms. The highest BCUT2D eigenvalue weighted by Gasteiger charge is 2.23. The molecule has 0 saturated carbocycles. The Labute approximate surface area is 109 Å². The SMILES string of the molecule is CC(C)(C)c1cnc(C(C)(C)C)c2cnncc12. The molecule has 18 heavy (non-hydrogen) atoms. The van der Waals surface area contributed by atoms with E-state index in [0.29, 0.717) is 0 Å². The predicted molar refractivity (Wildman–Crippen MR) is 74.7 cm³/mol. The zero-order chi connectivity index (χ0) is 13.6. The van der Waals surface area contributed by atoms with Gasteiger partial charge in [0.05, 0.1) is 18.1 Å². The second-order valence-corrected chi connectivity index (χ2v) is 6.84. The Morgan fingerprint density at radius 2 is 1.28 bits per heavy atom. The van der Waals surface area contributed by atoms with Crippen LogP contribution < -0.4 is 0 Å². The van der Waals surface area contributed by atoms with Crippen molar-refractivity contribution in [1.29, 1.82) is 0 Å². The number of hydrogen-bond acceptors (Lipinski definition) is 3. The van der Waals surface area contributed by atoms with Gasteiger partial charge in [0, 0.05) is 22.4 Å². The Hall–Kier alpha value is -1.51. The summed E-state index contributed by atoms with van der Waals surface area (Å²) in [5.41, 5.74) is 2.38. The Bertz CT molecular complexity index is 522. The first-order valence-electron chi connectivity index (χ1n) is 6.31. The van der Waals surface area contributed by atoms with Crippen LogP contribution in [0.25, 0.3) is 10.8 Å². The van der Waals surface area contributed by atoms with Gasteiger partial charge in [-0.1, -0.05) is 41.5 Å². The zero-order valence-electron chi connectivity index (χ0n) is 12.1. The fourth-order valence-corrected chi connectivity index (χ4v) is 2.19. The van der Waals surface area contributed by atoms with E-state index in [2.05, 4.69) is 56.7 Å². The van der Waals surface area contributed by atoms with Crippen LogP contribution in [-0.2, 0) is 10.8 Å². The molecule has 0 radical (unpaired) electrons. The van der Waals surface area contributed by atoms with Gasteiger partial charge < -0.3 is 0 Å². The van der Waals surface area contributed by atoms with Gasteiger partial charge in [0.2, 0.25) is 0 Å². The molecule has 0 fully saturated rings. The largest absolute Gasteiger partial charge is 0.260 e. The average Bonchev–Trinajstić information content (AvgIpc) is 2.24. The number of hydrogen-bond donors (Lipinski definition) is 0. The molecule has 2 rings (SSSR count). The molecule has 0 saturated heterocycles. The minimum Gasteiger partial charge on any atom is -0.260 e. The van der Waals surface area contributed by atoms with E-state index < -0.39 is 0 Å². The van der Waals surface area contributed by atoms with Crippen LogP contribution in [0.1, 0.15) is 52.8 Å². The minimum atomic E-state index is 0.0116. The van der Waals surface area contributed by atoms with Crippen molar-refractivity contribution in [2.45, 2.75) is 52.4 Å². The van der Waals surface area contributed by atoms with Crippen LogP contribution in [-0.4, -0.2) is 15.2 Å². The van der Waals surface area contributed by atoms with Gasteiger partial charge in [0.15, 0.2) is 0 Å². The summed E-state index contributed by atoms with van der Waals surface area (Å²) in [7, 11) is 0. The van der Waals surface area contributed by atoms with E-state index in [4.69, 9.17) is 0 Å². The van der Waals surface area contributed by atoms with E-state index in [-0.39, 0.29) is 10.8 Å². The van der Waals surface area contributed by atoms with Crippen molar-refractivity contribution in [1.82, 2.24) is 15.2 Å². The molecule has 0 amide bonds. The van der Waals surface area contributed by atoms with Crippen LogP contribution in [0.4, 0.5) is 0 Å². The number of rotatable bonds is 0. The second kappa shape index (κ2) is 4.01. The summed E-state index contributed by atoms with van der Waals surface area (Å²) in [5, 5.41) is 10.3. The summed E-state index contributed by atoms with van der Waals surface area (Å²) in [6.45, 7) is 13.1. The summed E-state index contributed by atoms with van der Waals surface area (Å²) in [5.74, 6) is 0. The van der Waals surface area contributed by atoms with Crippen molar-refractivity contribution in [3.8, 4) is 0 Å². The molecule has 3 nitrogen and oxygen atoms in total. The Morgan fingerprint density at radius 3 is 1.78 bits per heavy atom. The third-order valence-electron chi connectivity index (χ3n) is 3.12. The highest BCUT2D eigenvalue weighted by Crippen LogP contribution is 2.33. The molecule has 96 valence electrons. The lowest BCUT2D eigenvalue weighted by Gasteiger charge is -2.25. The fourth-order valence-electron chi connectivity index (χ4n) is 2.19. The minimum absolute atomic E-state index is 0.0116. The summed E-state index contributed by atoms with van der Waals surface area (Å²) in [6, 6.07) is 0. The molecule has 0 unspecified atom stereocenters. The molecule has 0 bridgehead atoms. The first kappa shape index (κ1) is 12.9. The number of aromatic nitrogens is 3. The maximum Gasteiger partial charge on any atom is 0.0593 e. The smallest absolute Gasteiger partial charge is 0.0593 e. The van der Waals surface area contributed by atoms with Gasteiger partial charge in [0.1, 0.15) is 0 Å². The molecule has 0 spiro atoms. The lowest BCUT2D eigenvalue weighted by Crippen LogP contribution is -2.18. The maximum atomic E-state index is 4.68. The van der Waals surface area contributed by atoms with Gasteiger partial charge in [-0.3, -0.25) is 4.98 Å². The van der Waals surface area contributed by atoms with Gasteiger partial charge in [-0.2, -0.15) is 10.2 Å². The lowest BCUT2D eigenvalue weighted by atomic mass is 9.82. The van der Waals surface area contributed by atoms with E-state index >= 15 is 0 Å². The first-order chi connectivity index (χ1) is 8.21. The summed E-state index contributed by atoms with van der Waals surface area (Å²) in [4.78, 5) is 4.68. The molecule has 0 aliphatic carbocycles. The molecule has 2 aromatic rings. The van der Waals surface area contributed by atoms with Crippen LogP contribution >= 0.6 is 0 Å². The van der Waals surface area contributed by atoms with E-state index in [1.165, 1.54) is 5.56 Å². The third kappa shape index (κ3) is 2.22. The topological polar surface area (TPSA) is 38.7 Å². The molecule has 0 N–H and O–H groups in total. The van der Waals surface area contributed by atoms with Crippen molar-refractivity contribution < 1.29 is 0 Å². The van der Waals surface area contributed by atoms with Crippen molar-refractivity contribution in [3.63, 3.8) is 0 Å². The number of nitrogens with zero attached hydrogens (tertiary/aromatic N) is 3. The molecule has 2 aromatic heterocycles. The summed E-state index contributed by atoms with van der Waals surface area (Å²) < 4.78 is 0. The van der Waals surface area contributed by atoms with Crippen molar-refractivity contribution >= 4 is 10.8 Å². The third-order valence-corrected chi connectivity index (χ3v) is 3.12. The standard InChI is InChI=1S/C15H21N3/c1-14(2,3)12-9-16-13(15(4,5)6)11-8-18-17-7-10(11)12/h7-9H,1-6H3. The van der Waals surface area contributed by atoms with E-state index in [1.807, 2.05) is 18.6 Å². The molecule has 0 aliphatic heterocycles. The average molecular weight is 243 g/mol. The van der Waals surface area contributed by atoms with Crippen molar-refractivity contribution in [3.05, 3.63) is 29.8 Å². The Balaban J connectivity index is 2.83. The lowest BCUT2D eigenvalue weighted by molar-refractivity contribution is 0.565. The van der Waals surface area contributed by atoms with Crippen LogP contribution in [0.2, 0.25) is 0 Å². The molecule has 0 aromatic carbocycles. The normalized spacial score (nSPS) is 13.0. The van der Waals surface area contributed by atoms with Gasteiger partial charge in [-0.15, -0.1) is 0 Å². The van der Waals surface area contributed by atoms with E-state index in [9.17, 15) is 0 Å². The van der Waals surface area contributed by atoms with Gasteiger partial charge in [-0.05, 0) is 11.0 Å². The molecular weight excluding hydrogens is 222 g/mol. The highest BCUT2D eigenvalue weighted by molar-refractivity contribution is 5.87. The summed E-state index contributed by atoms with van der Waals surface area (Å²) >= 11 is 0. The van der Waals surface area contributed by atoms with Crippen LogP contribution in [0.3, 0.4) is 0 Å². The predicted octanol–water partition coefficient (Wildman–Crippen LogP) is 3.62. The fraction of sp³-hybridized carbons (Fsp3) is 0.533. The van der Waals surface area contributed by atoms with Crippen LogP contribution in [0, 0.1) is 0 Å². The van der Waals surface area contributed by atoms with Crippen molar-refractivity contribution in [2.75, 3.05) is 0 Å². The molecule has 2 heterocycles. The Kier molecular flexibility index (Phi) is 2.88. The van der Waals surface area contributed by atoms with E-state index in [1.54, 1.807) is 0 Å². The van der Waals surface area contributed by atoms with Gasteiger partial charge in [-0.25, -0.2) is 0 Å². The monoisotopic (exact) mass is 243 g/mol. The molecule has 0 aliphatic rings. The second-order valence-electron chi connectivity index (χ2n) is 6.84. The van der Waals surface area contributed by atoms with Gasteiger partial charge >= 0.3 is 0 Å². The van der Waals surface area contributed by atoms with Crippen LogP contribution in [0.5, 0.6) is 0 Å². The highest BCUT2D eigenvalue weighted by atomic mass is 15.1. The Morgan fingerprint density at radius 1 is 0.722 bits per heavy atom. The van der Waals surface area contributed by atoms with Crippen molar-refractivity contribution in [2.24, 2.45) is 0 Å². The van der Waals surface area contributed by atoms with Crippen LogP contribution in [0.15, 0.2) is 18.6 Å². The quantitative estimate of drug-likeness (QED) is 0.709. The molecule has 0 atom stereocenters. The summed E-state index contributed by atoms with van der Waals surface area (Å²) in [6.07, 6.45) is 5.68.